The summed E-state index contributed by atoms with van der Waals surface area (Å²) in [4.78, 5) is 18.1. The van der Waals surface area contributed by atoms with Crippen molar-refractivity contribution < 1.29 is 9.53 Å². The van der Waals surface area contributed by atoms with Crippen LogP contribution in [-0.2, 0) is 17.6 Å². The van der Waals surface area contributed by atoms with Crippen molar-refractivity contribution in [2.75, 3.05) is 5.32 Å². The van der Waals surface area contributed by atoms with Gasteiger partial charge in [0, 0.05) is 18.0 Å². The smallest absolute Gasteiger partial charge is 0.265 e. The van der Waals surface area contributed by atoms with Crippen LogP contribution < -0.4 is 10.1 Å². The number of nitrogens with one attached hydrogen (secondary N) is 2. The summed E-state index contributed by atoms with van der Waals surface area (Å²) in [5.74, 6) is 4.28. The topological polar surface area (TPSA) is 84.3 Å². The molecule has 1 aliphatic rings. The molecule has 2 aromatic heterocycles. The maximum atomic E-state index is 13.2. The van der Waals surface area contributed by atoms with E-state index in [-0.39, 0.29) is 5.91 Å². The van der Waals surface area contributed by atoms with E-state index in [9.17, 15) is 4.79 Å². The lowest BCUT2D eigenvalue weighted by Gasteiger charge is -2.42. The maximum absolute atomic E-state index is 13.2. The van der Waals surface area contributed by atoms with Gasteiger partial charge in [0.25, 0.3) is 5.91 Å². The number of carbonyl (C=O) groups is 1. The molecule has 1 saturated carbocycles. The molecule has 47 heavy (non-hydrogen) atoms. The number of anilines is 1. The van der Waals surface area contributed by atoms with Gasteiger partial charge in [0.1, 0.15) is 10.8 Å². The molecule has 7 nitrogen and oxygen atoms in total. The molecule has 1 aliphatic carbocycles. The molecule has 8 heteroatoms. The van der Waals surface area contributed by atoms with Crippen LogP contribution in [0, 0.1) is 37.5 Å². The van der Waals surface area contributed by atoms with E-state index in [0.717, 1.165) is 71.3 Å². The molecule has 1 fully saturated rings. The number of aromatic amines is 1. The monoisotopic (exact) mass is 659 g/mol. The van der Waals surface area contributed by atoms with Gasteiger partial charge in [-0.3, -0.25) is 9.89 Å². The fourth-order valence-electron chi connectivity index (χ4n) is 7.52. The van der Waals surface area contributed by atoms with Crippen LogP contribution in [0.5, 0.6) is 5.75 Å². The molecule has 2 aromatic carbocycles. The number of fused-ring (bicyclic) bond motifs is 1. The number of amides is 1. The Morgan fingerprint density at radius 3 is 2.34 bits per heavy atom. The van der Waals surface area contributed by atoms with Gasteiger partial charge in [-0.1, -0.05) is 88.9 Å². The first-order valence-corrected chi connectivity index (χ1v) is 18.2. The number of aromatic nitrogens is 4. The van der Waals surface area contributed by atoms with Gasteiger partial charge < -0.3 is 10.1 Å². The van der Waals surface area contributed by atoms with Gasteiger partial charge in [-0.05, 0) is 105 Å². The maximum Gasteiger partial charge on any atom is 0.265 e. The summed E-state index contributed by atoms with van der Waals surface area (Å²) >= 11 is 7.03. The van der Waals surface area contributed by atoms with Gasteiger partial charge >= 0.3 is 0 Å². The molecule has 5 rings (SSSR count). The van der Waals surface area contributed by atoms with Crippen molar-refractivity contribution in [1.82, 2.24) is 19.8 Å². The first kappa shape index (κ1) is 35.0. The Labute approximate surface area is 286 Å². The third-order valence-corrected chi connectivity index (χ3v) is 10.5. The zero-order valence-corrected chi connectivity index (χ0v) is 30.2. The molecule has 4 aromatic rings. The Balaban J connectivity index is 1.17. The SMILES string of the molecule is CCCCC(Oc1ccc(C)cc1C)C(=O)Nc1ccc(CCCc2nc3c(Cl)c(C4C(C(C)C)CCCC4C(C)C)[nH]n3n2)cc1. The van der Waals surface area contributed by atoms with E-state index in [0.29, 0.717) is 36.0 Å². The zero-order valence-electron chi connectivity index (χ0n) is 29.4. The third kappa shape index (κ3) is 8.40. The lowest BCUT2D eigenvalue weighted by molar-refractivity contribution is -0.123. The second-order valence-electron chi connectivity index (χ2n) is 14.4. The Morgan fingerprint density at radius 1 is 1.02 bits per heavy atom. The fourth-order valence-corrected chi connectivity index (χ4v) is 7.81. The van der Waals surface area contributed by atoms with E-state index < -0.39 is 6.10 Å². The summed E-state index contributed by atoms with van der Waals surface area (Å²) in [6, 6.07) is 14.2. The number of carbonyl (C=O) groups excluding carboxylic acids is 1. The lowest BCUT2D eigenvalue weighted by Crippen LogP contribution is -2.33. The van der Waals surface area contributed by atoms with Crippen molar-refractivity contribution in [3.05, 3.63) is 75.7 Å². The summed E-state index contributed by atoms with van der Waals surface area (Å²) in [6.45, 7) is 15.6. The molecule has 0 radical (unpaired) electrons. The van der Waals surface area contributed by atoms with Crippen LogP contribution in [-0.4, -0.2) is 31.8 Å². The van der Waals surface area contributed by atoms with Crippen LogP contribution in [0.2, 0.25) is 5.02 Å². The highest BCUT2D eigenvalue weighted by molar-refractivity contribution is 6.34. The molecule has 3 unspecified atom stereocenters. The number of benzene rings is 2. The molecule has 3 atom stereocenters. The summed E-state index contributed by atoms with van der Waals surface area (Å²) in [5.41, 5.74) is 6.06. The molecule has 1 amide bonds. The number of hydrogen-bond donors (Lipinski definition) is 2. The van der Waals surface area contributed by atoms with E-state index >= 15 is 0 Å². The van der Waals surface area contributed by atoms with E-state index in [1.165, 1.54) is 30.4 Å². The predicted molar refractivity (Wildman–Crippen MR) is 193 cm³/mol. The molecule has 0 spiro atoms. The molecular weight excluding hydrogens is 606 g/mol. The quantitative estimate of drug-likeness (QED) is 0.141. The predicted octanol–water partition coefficient (Wildman–Crippen LogP) is 9.89. The number of ether oxygens (including phenoxy) is 1. The largest absolute Gasteiger partial charge is 0.480 e. The molecule has 254 valence electrons. The molecule has 0 aliphatic heterocycles. The zero-order chi connectivity index (χ0) is 33.7. The molecule has 0 saturated heterocycles. The average molecular weight is 660 g/mol. The number of hydrogen-bond acceptors (Lipinski definition) is 4. The molecule has 2 heterocycles. The second kappa shape index (κ2) is 15.7. The third-order valence-electron chi connectivity index (χ3n) is 10.2. The summed E-state index contributed by atoms with van der Waals surface area (Å²) in [5, 5.41) is 12.2. The minimum absolute atomic E-state index is 0.113. The van der Waals surface area contributed by atoms with Gasteiger partial charge in [-0.2, -0.15) is 4.63 Å². The first-order valence-electron chi connectivity index (χ1n) is 17.8. The van der Waals surface area contributed by atoms with Crippen molar-refractivity contribution in [2.24, 2.45) is 23.7 Å². The van der Waals surface area contributed by atoms with E-state index in [1.807, 2.05) is 31.2 Å². The molecule has 0 bridgehead atoms. The van der Waals surface area contributed by atoms with Crippen molar-refractivity contribution >= 4 is 28.8 Å². The van der Waals surface area contributed by atoms with Gasteiger partial charge in [-0.25, -0.2) is 4.98 Å². The number of H-pyrrole nitrogens is 1. The molecule has 2 N–H and O–H groups in total. The number of rotatable bonds is 14. The second-order valence-corrected chi connectivity index (χ2v) is 14.8. The summed E-state index contributed by atoms with van der Waals surface area (Å²) in [7, 11) is 0. The van der Waals surface area contributed by atoms with Crippen LogP contribution in [0.15, 0.2) is 42.5 Å². The summed E-state index contributed by atoms with van der Waals surface area (Å²) in [6.07, 6.45) is 8.43. The number of aryl methyl sites for hydroxylation is 4. The lowest BCUT2D eigenvalue weighted by atomic mass is 9.63. The van der Waals surface area contributed by atoms with Gasteiger partial charge in [0.05, 0.1) is 5.69 Å². The highest BCUT2D eigenvalue weighted by atomic mass is 35.5. The number of unbranched alkanes of at least 4 members (excludes halogenated alkanes) is 1. The Hall–Kier alpha value is -3.32. The van der Waals surface area contributed by atoms with E-state index in [4.69, 9.17) is 26.4 Å². The Bertz CT molecular complexity index is 1610. The Kier molecular flexibility index (Phi) is 11.7. The highest BCUT2D eigenvalue weighted by Gasteiger charge is 2.40. The minimum Gasteiger partial charge on any atom is -0.480 e. The van der Waals surface area contributed by atoms with Gasteiger partial charge in [0.15, 0.2) is 17.6 Å². The molecular formula is C39H54ClN5O2. The first-order chi connectivity index (χ1) is 22.5. The van der Waals surface area contributed by atoms with Crippen molar-refractivity contribution in [1.29, 1.82) is 0 Å². The van der Waals surface area contributed by atoms with Crippen LogP contribution in [0.3, 0.4) is 0 Å². The van der Waals surface area contributed by atoms with Crippen molar-refractivity contribution in [3.63, 3.8) is 0 Å². The highest BCUT2D eigenvalue weighted by Crippen LogP contribution is 2.49. The van der Waals surface area contributed by atoms with Crippen LogP contribution in [0.25, 0.3) is 5.65 Å². The minimum atomic E-state index is -0.537. The van der Waals surface area contributed by atoms with E-state index in [1.54, 1.807) is 4.63 Å². The fraction of sp³-hybridized carbons (Fsp3) is 0.564. The van der Waals surface area contributed by atoms with Crippen LogP contribution in [0.1, 0.15) is 114 Å². The Morgan fingerprint density at radius 2 is 1.72 bits per heavy atom. The van der Waals surface area contributed by atoms with E-state index in [2.05, 4.69) is 70.2 Å². The normalized spacial score (nSPS) is 19.1. The average Bonchev–Trinajstić information content (AvgIpc) is 3.58. The van der Waals surface area contributed by atoms with Gasteiger partial charge in [-0.15, -0.1) is 5.10 Å². The summed E-state index contributed by atoms with van der Waals surface area (Å²) < 4.78 is 8.00. The standard InChI is InChI=1S/C39H54ClN5O2/c1-8-9-15-33(47-32-22-17-26(6)23-27(32)7)39(46)41-29-20-18-28(19-21-29)12-10-16-34-42-38-36(40)37(44-45(38)43-34)35-30(24(2)3)13-11-14-31(35)25(4)5/h17-25,30-31,33,35,44H,8-16H2,1-7H3,(H,41,46). The van der Waals surface area contributed by atoms with Crippen molar-refractivity contribution in [2.45, 2.75) is 118 Å². The van der Waals surface area contributed by atoms with Crippen LogP contribution >= 0.6 is 11.6 Å². The van der Waals surface area contributed by atoms with Gasteiger partial charge in [0.2, 0.25) is 0 Å². The number of nitrogens with zero attached hydrogens (tertiary/aromatic N) is 3. The van der Waals surface area contributed by atoms with Crippen molar-refractivity contribution in [3.8, 4) is 5.75 Å². The van der Waals surface area contributed by atoms with Crippen LogP contribution in [0.4, 0.5) is 5.69 Å². The number of halogens is 1.